The largest absolute Gasteiger partial charge is 0.303 e. The third kappa shape index (κ3) is 2.95. The minimum atomic E-state index is -0.471. The first-order chi connectivity index (χ1) is 7.25. The molecule has 0 bridgehead atoms. The highest BCUT2D eigenvalue weighted by molar-refractivity contribution is 9.10. The second-order valence-electron chi connectivity index (χ2n) is 3.72. The minimum absolute atomic E-state index is 0.326. The summed E-state index contributed by atoms with van der Waals surface area (Å²) >= 11 is 3.04. The van der Waals surface area contributed by atoms with E-state index in [9.17, 15) is 4.39 Å². The quantitative estimate of drug-likeness (QED) is 0.790. The molecule has 0 unspecified atom stereocenters. The third-order valence-electron chi connectivity index (χ3n) is 2.60. The molecule has 82 valence electrons. The fraction of sp³-hybridized carbons (Fsp3) is 0.600. The SMILES string of the molecule is Fc1nc(CCN2CCCC2)ncc1Br. The number of likely N-dealkylation sites (tertiary alicyclic amines) is 1. The Kier molecular flexibility index (Phi) is 3.64. The summed E-state index contributed by atoms with van der Waals surface area (Å²) in [6.45, 7) is 3.24. The van der Waals surface area contributed by atoms with Crippen LogP contribution in [0.3, 0.4) is 0 Å². The van der Waals surface area contributed by atoms with Crippen LogP contribution in [-0.4, -0.2) is 34.5 Å². The summed E-state index contributed by atoms with van der Waals surface area (Å²) in [5, 5.41) is 0. The van der Waals surface area contributed by atoms with E-state index in [2.05, 4.69) is 30.8 Å². The standard InChI is InChI=1S/C10H13BrFN3/c11-8-7-13-9(14-10(8)12)3-6-15-4-1-2-5-15/h7H,1-6H2. The molecule has 0 saturated carbocycles. The van der Waals surface area contributed by atoms with Crippen molar-refractivity contribution in [2.24, 2.45) is 0 Å². The van der Waals surface area contributed by atoms with Crippen LogP contribution in [0.2, 0.25) is 0 Å². The van der Waals surface area contributed by atoms with Crippen LogP contribution < -0.4 is 0 Å². The van der Waals surface area contributed by atoms with E-state index in [1.807, 2.05) is 0 Å². The van der Waals surface area contributed by atoms with Gasteiger partial charge in [-0.3, -0.25) is 0 Å². The van der Waals surface area contributed by atoms with Crippen LogP contribution in [0.25, 0.3) is 0 Å². The lowest BCUT2D eigenvalue weighted by atomic mass is 10.3. The van der Waals surface area contributed by atoms with Gasteiger partial charge in [0, 0.05) is 19.2 Å². The molecule has 0 amide bonds. The highest BCUT2D eigenvalue weighted by atomic mass is 79.9. The van der Waals surface area contributed by atoms with Gasteiger partial charge in [0.15, 0.2) is 0 Å². The lowest BCUT2D eigenvalue weighted by molar-refractivity contribution is 0.340. The lowest BCUT2D eigenvalue weighted by Crippen LogP contribution is -2.22. The smallest absolute Gasteiger partial charge is 0.230 e. The van der Waals surface area contributed by atoms with Gasteiger partial charge in [-0.05, 0) is 41.9 Å². The first kappa shape index (κ1) is 11.0. The van der Waals surface area contributed by atoms with Gasteiger partial charge in [0.1, 0.15) is 5.82 Å². The molecule has 15 heavy (non-hydrogen) atoms. The van der Waals surface area contributed by atoms with Crippen molar-refractivity contribution in [2.75, 3.05) is 19.6 Å². The highest BCUT2D eigenvalue weighted by Crippen LogP contribution is 2.12. The van der Waals surface area contributed by atoms with Gasteiger partial charge in [-0.25, -0.2) is 9.97 Å². The van der Waals surface area contributed by atoms with Crippen molar-refractivity contribution in [1.82, 2.24) is 14.9 Å². The van der Waals surface area contributed by atoms with Crippen molar-refractivity contribution in [1.29, 1.82) is 0 Å². The summed E-state index contributed by atoms with van der Waals surface area (Å²) in [6, 6.07) is 0. The fourth-order valence-corrected chi connectivity index (χ4v) is 1.96. The molecule has 2 heterocycles. The molecular formula is C10H13BrFN3. The molecule has 0 spiro atoms. The zero-order chi connectivity index (χ0) is 10.7. The van der Waals surface area contributed by atoms with Crippen LogP contribution >= 0.6 is 15.9 Å². The van der Waals surface area contributed by atoms with Gasteiger partial charge in [-0.2, -0.15) is 4.39 Å². The summed E-state index contributed by atoms with van der Waals surface area (Å²) in [5.74, 6) is 0.115. The summed E-state index contributed by atoms with van der Waals surface area (Å²) in [6.07, 6.45) is 4.75. The Labute approximate surface area is 96.8 Å². The topological polar surface area (TPSA) is 29.0 Å². The number of hydrogen-bond acceptors (Lipinski definition) is 3. The molecule has 1 aromatic heterocycles. The molecule has 0 aliphatic carbocycles. The monoisotopic (exact) mass is 273 g/mol. The Hall–Kier alpha value is -0.550. The molecule has 1 saturated heterocycles. The Bertz CT molecular complexity index is 339. The molecule has 1 aliphatic heterocycles. The zero-order valence-corrected chi connectivity index (χ0v) is 10.0. The van der Waals surface area contributed by atoms with Gasteiger partial charge in [0.2, 0.25) is 5.95 Å². The fourth-order valence-electron chi connectivity index (χ4n) is 1.76. The van der Waals surface area contributed by atoms with Crippen molar-refractivity contribution in [3.8, 4) is 0 Å². The second-order valence-corrected chi connectivity index (χ2v) is 4.58. The van der Waals surface area contributed by atoms with E-state index < -0.39 is 5.95 Å². The molecular weight excluding hydrogens is 261 g/mol. The van der Waals surface area contributed by atoms with Crippen LogP contribution in [-0.2, 0) is 6.42 Å². The summed E-state index contributed by atoms with van der Waals surface area (Å²) in [7, 11) is 0. The number of rotatable bonds is 3. The van der Waals surface area contributed by atoms with Gasteiger partial charge in [-0.15, -0.1) is 0 Å². The van der Waals surface area contributed by atoms with Gasteiger partial charge in [0.25, 0.3) is 0 Å². The maximum Gasteiger partial charge on any atom is 0.230 e. The van der Waals surface area contributed by atoms with E-state index in [0.717, 1.165) is 26.1 Å². The summed E-state index contributed by atoms with van der Waals surface area (Å²) in [4.78, 5) is 10.2. The Morgan fingerprint density at radius 3 is 2.80 bits per heavy atom. The van der Waals surface area contributed by atoms with E-state index in [1.54, 1.807) is 0 Å². The first-order valence-corrected chi connectivity index (χ1v) is 5.94. The average Bonchev–Trinajstić information content (AvgIpc) is 2.73. The van der Waals surface area contributed by atoms with Crippen LogP contribution in [0, 0.1) is 5.95 Å². The predicted molar refractivity (Wildman–Crippen MR) is 59.1 cm³/mol. The first-order valence-electron chi connectivity index (χ1n) is 5.15. The maximum atomic E-state index is 13.1. The Balaban J connectivity index is 1.90. The van der Waals surface area contributed by atoms with Gasteiger partial charge in [0.05, 0.1) is 4.47 Å². The Morgan fingerprint density at radius 1 is 1.40 bits per heavy atom. The van der Waals surface area contributed by atoms with Gasteiger partial charge < -0.3 is 4.90 Å². The predicted octanol–water partition coefficient (Wildman–Crippen LogP) is 2.02. The molecule has 0 atom stereocenters. The number of halogens is 2. The van der Waals surface area contributed by atoms with Crippen LogP contribution in [0.15, 0.2) is 10.7 Å². The molecule has 1 aliphatic rings. The van der Waals surface area contributed by atoms with Crippen molar-refractivity contribution < 1.29 is 4.39 Å². The third-order valence-corrected chi connectivity index (χ3v) is 3.13. The second kappa shape index (κ2) is 4.99. The van der Waals surface area contributed by atoms with Crippen LogP contribution in [0.1, 0.15) is 18.7 Å². The molecule has 3 nitrogen and oxygen atoms in total. The van der Waals surface area contributed by atoms with Gasteiger partial charge >= 0.3 is 0 Å². The summed E-state index contributed by atoms with van der Waals surface area (Å²) < 4.78 is 13.4. The average molecular weight is 274 g/mol. The molecule has 2 rings (SSSR count). The van der Waals surface area contributed by atoms with Gasteiger partial charge in [-0.1, -0.05) is 0 Å². The van der Waals surface area contributed by atoms with Crippen LogP contribution in [0.4, 0.5) is 4.39 Å². The minimum Gasteiger partial charge on any atom is -0.303 e. The molecule has 1 fully saturated rings. The zero-order valence-electron chi connectivity index (χ0n) is 8.42. The van der Waals surface area contributed by atoms with E-state index >= 15 is 0 Å². The molecule has 0 radical (unpaired) electrons. The van der Waals surface area contributed by atoms with E-state index in [4.69, 9.17) is 0 Å². The lowest BCUT2D eigenvalue weighted by Gasteiger charge is -2.13. The molecule has 1 aromatic rings. The van der Waals surface area contributed by atoms with E-state index in [0.29, 0.717) is 10.3 Å². The van der Waals surface area contributed by atoms with Crippen molar-refractivity contribution in [3.05, 3.63) is 22.4 Å². The normalized spacial score (nSPS) is 17.2. The van der Waals surface area contributed by atoms with E-state index in [1.165, 1.54) is 19.0 Å². The number of hydrogen-bond donors (Lipinski definition) is 0. The molecule has 5 heteroatoms. The number of nitrogens with zero attached hydrogens (tertiary/aromatic N) is 3. The molecule has 0 aromatic carbocycles. The molecule has 0 N–H and O–H groups in total. The summed E-state index contributed by atoms with van der Waals surface area (Å²) in [5.41, 5.74) is 0. The van der Waals surface area contributed by atoms with Crippen LogP contribution in [0.5, 0.6) is 0 Å². The number of aromatic nitrogens is 2. The van der Waals surface area contributed by atoms with Crippen molar-refractivity contribution in [3.63, 3.8) is 0 Å². The van der Waals surface area contributed by atoms with Crippen molar-refractivity contribution in [2.45, 2.75) is 19.3 Å². The Morgan fingerprint density at radius 2 is 2.13 bits per heavy atom. The van der Waals surface area contributed by atoms with E-state index in [-0.39, 0.29) is 0 Å². The maximum absolute atomic E-state index is 13.1. The van der Waals surface area contributed by atoms with Crippen molar-refractivity contribution >= 4 is 15.9 Å². The highest BCUT2D eigenvalue weighted by Gasteiger charge is 2.12.